The summed E-state index contributed by atoms with van der Waals surface area (Å²) in [6, 6.07) is 15.8. The number of sulfonamides is 1. The number of rotatable bonds is 6. The Morgan fingerprint density at radius 2 is 1.55 bits per heavy atom. The minimum atomic E-state index is -3.60. The standard InChI is InChI=1S/C22H25N5O3S/c1-2-11-26-20-5-3-4-6-21(20)27(22(26)28)17-24-12-14-25(15-13-24)31(29,30)19-9-7-18(16-23)8-10-19/h3-10H,2,11-15,17H2,1H3. The zero-order valence-corrected chi connectivity index (χ0v) is 18.3. The minimum Gasteiger partial charge on any atom is -0.292 e. The van der Waals surface area contributed by atoms with Crippen molar-refractivity contribution in [3.8, 4) is 6.07 Å². The third-order valence-corrected chi connectivity index (χ3v) is 7.58. The first-order valence-corrected chi connectivity index (χ1v) is 11.8. The number of benzene rings is 2. The number of nitriles is 1. The van der Waals surface area contributed by atoms with Crippen LogP contribution in [-0.2, 0) is 23.2 Å². The smallest absolute Gasteiger partial charge is 0.292 e. The van der Waals surface area contributed by atoms with Gasteiger partial charge < -0.3 is 0 Å². The molecule has 2 heterocycles. The molecular weight excluding hydrogens is 414 g/mol. The number of fused-ring (bicyclic) bond motifs is 1. The highest BCUT2D eigenvalue weighted by molar-refractivity contribution is 7.89. The molecule has 0 radical (unpaired) electrons. The topological polar surface area (TPSA) is 91.3 Å². The lowest BCUT2D eigenvalue weighted by Gasteiger charge is -2.34. The molecule has 0 unspecified atom stereocenters. The molecule has 0 aliphatic carbocycles. The summed E-state index contributed by atoms with van der Waals surface area (Å²) in [6.45, 7) is 4.93. The molecule has 2 aromatic carbocycles. The van der Waals surface area contributed by atoms with Crippen LogP contribution in [0.4, 0.5) is 0 Å². The van der Waals surface area contributed by atoms with Crippen LogP contribution < -0.4 is 5.69 Å². The lowest BCUT2D eigenvalue weighted by atomic mass is 10.2. The van der Waals surface area contributed by atoms with Gasteiger partial charge in [0, 0.05) is 32.7 Å². The second-order valence-electron chi connectivity index (χ2n) is 7.65. The molecule has 0 spiro atoms. The van der Waals surface area contributed by atoms with E-state index in [2.05, 4.69) is 4.90 Å². The van der Waals surface area contributed by atoms with Crippen LogP contribution in [0.5, 0.6) is 0 Å². The first-order valence-electron chi connectivity index (χ1n) is 10.4. The summed E-state index contributed by atoms with van der Waals surface area (Å²) >= 11 is 0. The van der Waals surface area contributed by atoms with Crippen molar-refractivity contribution in [2.45, 2.75) is 31.5 Å². The average molecular weight is 440 g/mol. The summed E-state index contributed by atoms with van der Waals surface area (Å²) in [5, 5.41) is 8.91. The molecule has 1 aromatic heterocycles. The van der Waals surface area contributed by atoms with Gasteiger partial charge in [0.1, 0.15) is 0 Å². The van der Waals surface area contributed by atoms with E-state index < -0.39 is 10.0 Å². The van der Waals surface area contributed by atoms with Crippen molar-refractivity contribution in [3.05, 3.63) is 64.6 Å². The number of para-hydroxylation sites is 2. The van der Waals surface area contributed by atoms with E-state index in [1.54, 1.807) is 9.13 Å². The zero-order chi connectivity index (χ0) is 22.0. The Hall–Kier alpha value is -2.93. The molecule has 0 amide bonds. The van der Waals surface area contributed by atoms with Crippen LogP contribution >= 0.6 is 0 Å². The second kappa shape index (κ2) is 8.67. The van der Waals surface area contributed by atoms with Crippen molar-refractivity contribution >= 4 is 21.1 Å². The Kier molecular flexibility index (Phi) is 5.96. The third-order valence-electron chi connectivity index (χ3n) is 5.67. The highest BCUT2D eigenvalue weighted by Crippen LogP contribution is 2.19. The molecule has 1 saturated heterocycles. The maximum atomic E-state index is 13.0. The minimum absolute atomic E-state index is 0.0318. The van der Waals surface area contributed by atoms with Gasteiger partial charge in [-0.05, 0) is 42.8 Å². The molecule has 162 valence electrons. The van der Waals surface area contributed by atoms with Crippen LogP contribution in [0.25, 0.3) is 11.0 Å². The lowest BCUT2D eigenvalue weighted by molar-refractivity contribution is 0.152. The van der Waals surface area contributed by atoms with Crippen molar-refractivity contribution in [2.75, 3.05) is 26.2 Å². The summed E-state index contributed by atoms with van der Waals surface area (Å²) in [6.07, 6.45) is 0.875. The van der Waals surface area contributed by atoms with Crippen molar-refractivity contribution < 1.29 is 8.42 Å². The van der Waals surface area contributed by atoms with Crippen LogP contribution in [0.15, 0.2) is 58.2 Å². The Bertz CT molecular complexity index is 1280. The summed E-state index contributed by atoms with van der Waals surface area (Å²) in [5.41, 5.74) is 2.22. The summed E-state index contributed by atoms with van der Waals surface area (Å²) in [4.78, 5) is 15.3. The van der Waals surface area contributed by atoms with Crippen LogP contribution in [-0.4, -0.2) is 52.9 Å². The van der Waals surface area contributed by atoms with Crippen LogP contribution in [0.2, 0.25) is 0 Å². The van der Waals surface area contributed by atoms with Gasteiger partial charge in [0.25, 0.3) is 0 Å². The molecule has 0 bridgehead atoms. The van der Waals surface area contributed by atoms with Gasteiger partial charge in [0.15, 0.2) is 0 Å². The lowest BCUT2D eigenvalue weighted by Crippen LogP contribution is -2.49. The number of imidazole rings is 1. The molecule has 8 nitrogen and oxygen atoms in total. The van der Waals surface area contributed by atoms with E-state index in [0.717, 1.165) is 17.5 Å². The van der Waals surface area contributed by atoms with Crippen molar-refractivity contribution in [3.63, 3.8) is 0 Å². The number of piperazine rings is 1. The highest BCUT2D eigenvalue weighted by atomic mass is 32.2. The van der Waals surface area contributed by atoms with Gasteiger partial charge in [-0.15, -0.1) is 0 Å². The fourth-order valence-electron chi connectivity index (χ4n) is 4.01. The van der Waals surface area contributed by atoms with Crippen LogP contribution in [0.1, 0.15) is 18.9 Å². The number of aryl methyl sites for hydroxylation is 1. The zero-order valence-electron chi connectivity index (χ0n) is 17.4. The predicted molar refractivity (Wildman–Crippen MR) is 118 cm³/mol. The monoisotopic (exact) mass is 439 g/mol. The summed E-state index contributed by atoms with van der Waals surface area (Å²) in [7, 11) is -3.60. The van der Waals surface area contributed by atoms with E-state index >= 15 is 0 Å². The van der Waals surface area contributed by atoms with Crippen molar-refractivity contribution in [1.82, 2.24) is 18.3 Å². The van der Waals surface area contributed by atoms with Gasteiger partial charge in [-0.2, -0.15) is 9.57 Å². The fraction of sp³-hybridized carbons (Fsp3) is 0.364. The van der Waals surface area contributed by atoms with Crippen molar-refractivity contribution in [2.24, 2.45) is 0 Å². The fourth-order valence-corrected chi connectivity index (χ4v) is 5.43. The van der Waals surface area contributed by atoms with Crippen molar-refractivity contribution in [1.29, 1.82) is 5.26 Å². The van der Waals surface area contributed by atoms with E-state index in [4.69, 9.17) is 5.26 Å². The Labute approximate surface area is 181 Å². The number of hydrogen-bond donors (Lipinski definition) is 0. The molecule has 0 atom stereocenters. The molecule has 1 fully saturated rings. The highest BCUT2D eigenvalue weighted by Gasteiger charge is 2.29. The molecule has 0 saturated carbocycles. The largest absolute Gasteiger partial charge is 0.330 e. The first kappa shape index (κ1) is 21.3. The Balaban J connectivity index is 1.49. The quantitative estimate of drug-likeness (QED) is 0.586. The van der Waals surface area contributed by atoms with Gasteiger partial charge in [-0.3, -0.25) is 14.0 Å². The van der Waals surface area contributed by atoms with E-state index in [1.165, 1.54) is 28.6 Å². The number of nitrogens with zero attached hydrogens (tertiary/aromatic N) is 5. The summed E-state index contributed by atoms with van der Waals surface area (Å²) < 4.78 is 30.9. The van der Waals surface area contributed by atoms with Gasteiger partial charge in [0.05, 0.1) is 34.2 Å². The maximum absolute atomic E-state index is 13.0. The summed E-state index contributed by atoms with van der Waals surface area (Å²) in [5.74, 6) is 0. The van der Waals surface area contributed by atoms with Gasteiger partial charge >= 0.3 is 5.69 Å². The predicted octanol–water partition coefficient (Wildman–Crippen LogP) is 2.05. The maximum Gasteiger partial charge on any atom is 0.330 e. The third kappa shape index (κ3) is 4.02. The number of hydrogen-bond acceptors (Lipinski definition) is 5. The van der Waals surface area contributed by atoms with Crippen LogP contribution in [0.3, 0.4) is 0 Å². The van der Waals surface area contributed by atoms with Crippen LogP contribution in [0, 0.1) is 11.3 Å². The molecule has 1 aliphatic heterocycles. The van der Waals surface area contributed by atoms with E-state index in [1.807, 2.05) is 37.3 Å². The second-order valence-corrected chi connectivity index (χ2v) is 9.59. The van der Waals surface area contributed by atoms with Gasteiger partial charge in [0.2, 0.25) is 10.0 Å². The van der Waals surface area contributed by atoms with E-state index in [-0.39, 0.29) is 10.6 Å². The molecule has 31 heavy (non-hydrogen) atoms. The molecule has 4 rings (SSSR count). The molecule has 1 aliphatic rings. The SMILES string of the molecule is CCCn1c(=O)n(CN2CCN(S(=O)(=O)c3ccc(C#N)cc3)CC2)c2ccccc21. The Morgan fingerprint density at radius 3 is 2.13 bits per heavy atom. The molecule has 9 heteroatoms. The normalized spacial score (nSPS) is 15.9. The molecular formula is C22H25N5O3S. The number of aromatic nitrogens is 2. The Morgan fingerprint density at radius 1 is 0.935 bits per heavy atom. The molecule has 0 N–H and O–H groups in total. The average Bonchev–Trinajstić information content (AvgIpc) is 3.06. The first-order chi connectivity index (χ1) is 15.0. The van der Waals surface area contributed by atoms with Gasteiger partial charge in [-0.25, -0.2) is 13.2 Å². The molecule has 3 aromatic rings. The van der Waals surface area contributed by atoms with E-state index in [9.17, 15) is 13.2 Å². The van der Waals surface area contributed by atoms with Gasteiger partial charge in [-0.1, -0.05) is 19.1 Å². The van der Waals surface area contributed by atoms with E-state index in [0.29, 0.717) is 45.0 Å².